The molecular weight excluding hydrogens is 666 g/mol. The molecule has 232 valence electrons. The van der Waals surface area contributed by atoms with Gasteiger partial charge in [-0.2, -0.15) is 0 Å². The van der Waals surface area contributed by atoms with Crippen LogP contribution in [-0.2, 0) is 25.7 Å². The first-order valence-electron chi connectivity index (χ1n) is 14.1. The SMILES string of the molecule is COc1cc([C@H]2C3=CC[C@@H]4C(=O)N(Cc5cccs5)C(=O)[C@@H]4[C@@H]3C[C@@]3(Cl)C(=O)N(c4ccc(F)cc4)C(=O)[C@@]23Cl)cc(Cl)c1O. The van der Waals surface area contributed by atoms with Gasteiger partial charge in [-0.1, -0.05) is 29.3 Å². The van der Waals surface area contributed by atoms with E-state index in [1.54, 1.807) is 0 Å². The van der Waals surface area contributed by atoms with Crippen molar-refractivity contribution in [1.29, 1.82) is 0 Å². The molecule has 3 aromatic rings. The van der Waals surface area contributed by atoms with E-state index in [-0.39, 0.29) is 53.4 Å². The van der Waals surface area contributed by atoms with Gasteiger partial charge in [-0.3, -0.25) is 24.1 Å². The number of rotatable bonds is 5. The van der Waals surface area contributed by atoms with E-state index in [9.17, 15) is 28.7 Å². The normalized spacial score (nSPS) is 30.7. The highest BCUT2D eigenvalue weighted by Crippen LogP contribution is 2.66. The fourth-order valence-corrected chi connectivity index (χ4v) is 9.31. The average Bonchev–Trinajstić information content (AvgIpc) is 3.66. The number of thiophene rings is 1. The van der Waals surface area contributed by atoms with Crippen molar-refractivity contribution in [2.24, 2.45) is 17.8 Å². The zero-order valence-corrected chi connectivity index (χ0v) is 26.6. The summed E-state index contributed by atoms with van der Waals surface area (Å²) in [6.07, 6.45) is 1.80. The molecule has 2 saturated heterocycles. The first-order valence-corrected chi connectivity index (χ1v) is 16.1. The van der Waals surface area contributed by atoms with Crippen molar-refractivity contribution in [1.82, 2.24) is 4.90 Å². The monoisotopic (exact) mass is 688 g/mol. The number of fused-ring (bicyclic) bond motifs is 4. The van der Waals surface area contributed by atoms with E-state index >= 15 is 0 Å². The Bertz CT molecular complexity index is 1820. The van der Waals surface area contributed by atoms with Gasteiger partial charge in [-0.15, -0.1) is 34.5 Å². The van der Waals surface area contributed by atoms with Crippen molar-refractivity contribution in [3.05, 3.63) is 86.8 Å². The van der Waals surface area contributed by atoms with Crippen molar-refractivity contribution in [3.8, 4) is 11.5 Å². The zero-order chi connectivity index (χ0) is 32.0. The third-order valence-electron chi connectivity index (χ3n) is 9.49. The summed E-state index contributed by atoms with van der Waals surface area (Å²) in [6, 6.07) is 11.4. The van der Waals surface area contributed by atoms with Crippen LogP contribution in [0.3, 0.4) is 0 Å². The van der Waals surface area contributed by atoms with Crippen molar-refractivity contribution in [2.45, 2.75) is 35.1 Å². The summed E-state index contributed by atoms with van der Waals surface area (Å²) in [5.74, 6) is -6.68. The maximum Gasteiger partial charge on any atom is 0.258 e. The molecule has 1 saturated carbocycles. The van der Waals surface area contributed by atoms with E-state index in [0.717, 1.165) is 21.9 Å². The number of ether oxygens (including phenoxy) is 1. The number of hydrogen-bond acceptors (Lipinski definition) is 7. The van der Waals surface area contributed by atoms with Crippen molar-refractivity contribution in [2.75, 3.05) is 12.0 Å². The topological polar surface area (TPSA) is 104 Å². The summed E-state index contributed by atoms with van der Waals surface area (Å²) in [7, 11) is 1.33. The van der Waals surface area contributed by atoms with Crippen LogP contribution in [0.5, 0.6) is 11.5 Å². The number of nitrogens with zero attached hydrogens (tertiary/aromatic N) is 2. The van der Waals surface area contributed by atoms with E-state index in [0.29, 0.717) is 11.1 Å². The van der Waals surface area contributed by atoms with Crippen LogP contribution in [0.2, 0.25) is 5.02 Å². The maximum atomic E-state index is 14.4. The molecule has 2 aliphatic carbocycles. The number of phenols is 1. The maximum absolute atomic E-state index is 14.4. The highest BCUT2D eigenvalue weighted by molar-refractivity contribution is 7.09. The van der Waals surface area contributed by atoms with Crippen LogP contribution in [0.1, 0.15) is 29.2 Å². The Morgan fingerprint density at radius 2 is 1.78 bits per heavy atom. The molecule has 1 N–H and O–H groups in total. The lowest BCUT2D eigenvalue weighted by Crippen LogP contribution is -2.60. The van der Waals surface area contributed by atoms with Crippen LogP contribution in [0.4, 0.5) is 10.1 Å². The summed E-state index contributed by atoms with van der Waals surface area (Å²) in [5, 5.41) is 12.3. The Morgan fingerprint density at radius 1 is 1.04 bits per heavy atom. The number of halogens is 4. The van der Waals surface area contributed by atoms with E-state index in [1.165, 1.54) is 47.6 Å². The molecule has 13 heteroatoms. The number of methoxy groups -OCH3 is 1. The molecule has 3 heterocycles. The van der Waals surface area contributed by atoms with Crippen molar-refractivity contribution in [3.63, 3.8) is 0 Å². The minimum Gasteiger partial charge on any atom is -0.503 e. The van der Waals surface area contributed by atoms with Crippen LogP contribution in [0.15, 0.2) is 65.6 Å². The van der Waals surface area contributed by atoms with Gasteiger partial charge in [0.05, 0.1) is 36.2 Å². The molecule has 0 bridgehead atoms. The van der Waals surface area contributed by atoms with Crippen molar-refractivity contribution < 1.29 is 33.4 Å². The Labute approximate surface area is 275 Å². The summed E-state index contributed by atoms with van der Waals surface area (Å²) in [4.78, 5) is 55.1. The average molecular weight is 690 g/mol. The van der Waals surface area contributed by atoms with Crippen LogP contribution in [0, 0.1) is 23.6 Å². The van der Waals surface area contributed by atoms with Gasteiger partial charge in [0.25, 0.3) is 11.8 Å². The number of benzene rings is 2. The lowest BCUT2D eigenvalue weighted by molar-refractivity contribution is -0.141. The van der Waals surface area contributed by atoms with Crippen LogP contribution < -0.4 is 9.64 Å². The quantitative estimate of drug-likeness (QED) is 0.200. The van der Waals surface area contributed by atoms with E-state index in [2.05, 4.69) is 0 Å². The van der Waals surface area contributed by atoms with Gasteiger partial charge in [-0.05, 0) is 72.2 Å². The second-order valence-corrected chi connectivity index (χ2v) is 14.3. The molecular formula is C32H24Cl3FN2O6S. The minimum absolute atomic E-state index is 0.00393. The Balaban J connectivity index is 1.40. The Kier molecular flexibility index (Phi) is 7.09. The molecule has 0 unspecified atom stereocenters. The van der Waals surface area contributed by atoms with Gasteiger partial charge < -0.3 is 9.84 Å². The summed E-state index contributed by atoms with van der Waals surface area (Å²) >= 11 is 22.6. The number of carbonyl (C=O) groups is 4. The third-order valence-corrected chi connectivity index (χ3v) is 12.0. The smallest absolute Gasteiger partial charge is 0.258 e. The molecule has 8 nitrogen and oxygen atoms in total. The van der Waals surface area contributed by atoms with Crippen molar-refractivity contribution >= 4 is 75.5 Å². The lowest BCUT2D eigenvalue weighted by atomic mass is 9.56. The van der Waals surface area contributed by atoms with Gasteiger partial charge >= 0.3 is 0 Å². The number of phenolic OH excluding ortho intramolecular Hbond substituents is 1. The van der Waals surface area contributed by atoms with Gasteiger partial charge in [0.15, 0.2) is 21.2 Å². The number of hydrogen-bond donors (Lipinski definition) is 1. The van der Waals surface area contributed by atoms with Gasteiger partial charge in [-0.25, -0.2) is 9.29 Å². The number of likely N-dealkylation sites (tertiary alicyclic amines) is 1. The summed E-state index contributed by atoms with van der Waals surface area (Å²) < 4.78 is 19.2. The first-order chi connectivity index (χ1) is 21.4. The molecule has 2 aliphatic heterocycles. The number of aromatic hydroxyl groups is 1. The van der Waals surface area contributed by atoms with E-state index < -0.39 is 51.1 Å². The number of imide groups is 2. The number of alkyl halides is 2. The van der Waals surface area contributed by atoms with E-state index in [4.69, 9.17) is 39.5 Å². The van der Waals surface area contributed by atoms with Gasteiger partial charge in [0, 0.05) is 10.8 Å². The number of amides is 4. The number of anilines is 1. The molecule has 6 atom stereocenters. The highest BCUT2D eigenvalue weighted by atomic mass is 35.5. The molecule has 4 amide bonds. The molecule has 45 heavy (non-hydrogen) atoms. The predicted octanol–water partition coefficient (Wildman–Crippen LogP) is 6.02. The first kappa shape index (κ1) is 30.2. The molecule has 7 rings (SSSR count). The van der Waals surface area contributed by atoms with Crippen LogP contribution >= 0.6 is 46.1 Å². The second-order valence-electron chi connectivity index (χ2n) is 11.6. The molecule has 3 fully saturated rings. The Hall–Kier alpha value is -3.44. The molecule has 1 aromatic heterocycles. The fraction of sp³-hybridized carbons (Fsp3) is 0.312. The van der Waals surface area contributed by atoms with Crippen LogP contribution in [0.25, 0.3) is 0 Å². The molecule has 4 aliphatic rings. The lowest BCUT2D eigenvalue weighted by Gasteiger charge is -2.50. The van der Waals surface area contributed by atoms with Gasteiger partial charge in [0.1, 0.15) is 5.82 Å². The van der Waals surface area contributed by atoms with Crippen LogP contribution in [-0.4, -0.2) is 50.5 Å². The largest absolute Gasteiger partial charge is 0.503 e. The number of allylic oxidation sites excluding steroid dienone is 2. The van der Waals surface area contributed by atoms with Gasteiger partial charge in [0.2, 0.25) is 11.8 Å². The molecule has 0 spiro atoms. The standard InChI is InChI=1S/C32H24Cl3FN2O6S/c1-44-23-12-15(11-22(33)26(23)39)25-19-8-9-20-24(28(41)37(27(20)40)14-18-3-2-10-45-18)21(19)13-31(34)29(42)38(30(43)32(25,31)35)17-6-4-16(36)5-7-17/h2-8,10-12,20-21,24-25,39H,9,13-14H2,1H3/t20-,21+,24-,25-,31+,32-/m0/s1. The fourth-order valence-electron chi connectivity index (χ4n) is 7.47. The summed E-state index contributed by atoms with van der Waals surface area (Å²) in [6.45, 7) is 0.125. The molecule has 0 radical (unpaired) electrons. The van der Waals surface area contributed by atoms with E-state index in [1.807, 2.05) is 23.6 Å². The Morgan fingerprint density at radius 3 is 2.44 bits per heavy atom. The summed E-state index contributed by atoms with van der Waals surface area (Å²) in [5.41, 5.74) is 0.955. The zero-order valence-electron chi connectivity index (χ0n) is 23.5. The second kappa shape index (κ2) is 10.6. The minimum atomic E-state index is -2.14. The molecule has 2 aromatic carbocycles. The third kappa shape index (κ3) is 4.15. The highest BCUT2D eigenvalue weighted by Gasteiger charge is 2.76. The number of carbonyl (C=O) groups excluding carboxylic acids is 4. The predicted molar refractivity (Wildman–Crippen MR) is 166 cm³/mol.